The first-order valence-electron chi connectivity index (χ1n) is 4.56. The fraction of sp³-hybridized carbons (Fsp3) is 0.714. The Hall–Kier alpha value is -2.26. The number of hydrogen-bond acceptors (Lipinski definition) is 7. The number of ether oxygens (including phenoxy) is 2. The third kappa shape index (κ3) is 3.36. The summed E-state index contributed by atoms with van der Waals surface area (Å²) in [6, 6.07) is -0.902. The van der Waals surface area contributed by atoms with Crippen LogP contribution in [0.3, 0.4) is 0 Å². The van der Waals surface area contributed by atoms with Gasteiger partial charge in [-0.2, -0.15) is 0 Å². The lowest BCUT2D eigenvalue weighted by Gasteiger charge is -2.31. The van der Waals surface area contributed by atoms with Gasteiger partial charge in [-0.25, -0.2) is 9.59 Å². The average Bonchev–Trinajstić information content (AvgIpc) is 2.21. The normalized spacial score (nSPS) is 19.2. The predicted molar refractivity (Wildman–Crippen MR) is 48.2 cm³/mol. The Morgan fingerprint density at radius 1 is 1.65 bits per heavy atom. The molecule has 1 heterocycles. The molecule has 0 spiro atoms. The summed E-state index contributed by atoms with van der Waals surface area (Å²) in [7, 11) is 1.11. The third-order valence-corrected chi connectivity index (χ3v) is 2.02. The minimum absolute atomic E-state index is 0.00290. The smallest absolute Gasteiger partial charge is 0.510 e. The first kappa shape index (κ1) is 12.8. The molecule has 0 radical (unpaired) electrons. The zero-order chi connectivity index (χ0) is 12.8. The molecule has 1 N–H and O–H groups in total. The molecule has 1 aliphatic heterocycles. The molecule has 0 bridgehead atoms. The SMILES string of the molecule is COC(=O)OCON=[N+]([O-])N1CCC1C(=O)O. The van der Waals surface area contributed by atoms with Gasteiger partial charge in [-0.1, -0.05) is 0 Å². The minimum atomic E-state index is -1.11. The number of methoxy groups -OCH3 is 1. The van der Waals surface area contributed by atoms with Crippen molar-refractivity contribution < 1.29 is 34.0 Å². The Morgan fingerprint density at radius 3 is 2.82 bits per heavy atom. The molecule has 0 aromatic heterocycles. The molecule has 0 aromatic rings. The van der Waals surface area contributed by atoms with Gasteiger partial charge in [0.25, 0.3) is 6.79 Å². The molecule has 1 aliphatic rings. The molecule has 1 fully saturated rings. The van der Waals surface area contributed by atoms with Crippen molar-refractivity contribution in [2.45, 2.75) is 12.5 Å². The van der Waals surface area contributed by atoms with Crippen molar-refractivity contribution in [2.24, 2.45) is 5.28 Å². The van der Waals surface area contributed by atoms with Crippen molar-refractivity contribution in [1.29, 1.82) is 0 Å². The Balaban J connectivity index is 2.30. The monoisotopic (exact) mass is 249 g/mol. The number of carboxylic acids is 1. The lowest BCUT2D eigenvalue weighted by Crippen LogP contribution is -2.55. The molecular weight excluding hydrogens is 238 g/mol. The molecular formula is C7H11N3O7. The van der Waals surface area contributed by atoms with Crippen LogP contribution >= 0.6 is 0 Å². The second kappa shape index (κ2) is 5.72. The molecule has 10 nitrogen and oxygen atoms in total. The Kier molecular flexibility index (Phi) is 4.31. The van der Waals surface area contributed by atoms with E-state index >= 15 is 0 Å². The zero-order valence-corrected chi connectivity index (χ0v) is 8.94. The van der Waals surface area contributed by atoms with E-state index in [0.717, 1.165) is 12.1 Å². The van der Waals surface area contributed by atoms with Crippen LogP contribution < -0.4 is 0 Å². The summed E-state index contributed by atoms with van der Waals surface area (Å²) in [5, 5.41) is 23.8. The molecule has 0 aliphatic carbocycles. The number of carboxylic acid groups (broad SMARTS) is 1. The van der Waals surface area contributed by atoms with Crippen molar-refractivity contribution in [3.8, 4) is 0 Å². The highest BCUT2D eigenvalue weighted by Crippen LogP contribution is 2.17. The van der Waals surface area contributed by atoms with Crippen LogP contribution in [0.2, 0.25) is 0 Å². The summed E-state index contributed by atoms with van der Waals surface area (Å²) in [6.07, 6.45) is -0.618. The summed E-state index contributed by atoms with van der Waals surface area (Å²) >= 11 is 0. The molecule has 1 saturated heterocycles. The van der Waals surface area contributed by atoms with Crippen molar-refractivity contribution in [1.82, 2.24) is 5.01 Å². The summed E-state index contributed by atoms with van der Waals surface area (Å²) in [6.45, 7) is -0.331. The fourth-order valence-corrected chi connectivity index (χ4v) is 1.08. The second-order valence-corrected chi connectivity index (χ2v) is 2.99. The highest BCUT2D eigenvalue weighted by molar-refractivity contribution is 5.74. The summed E-state index contributed by atoms with van der Waals surface area (Å²) < 4.78 is 8.39. The van der Waals surface area contributed by atoms with Gasteiger partial charge in [-0.3, -0.25) is 0 Å². The number of rotatable bonds is 5. The van der Waals surface area contributed by atoms with E-state index in [4.69, 9.17) is 5.11 Å². The predicted octanol–water partition coefficient (Wildman–Crippen LogP) is -0.305. The largest absolute Gasteiger partial charge is 0.569 e. The van der Waals surface area contributed by atoms with Crippen molar-refractivity contribution >= 4 is 12.1 Å². The first-order chi connectivity index (χ1) is 8.06. The van der Waals surface area contributed by atoms with Crippen LogP contribution in [0.1, 0.15) is 6.42 Å². The molecule has 0 amide bonds. The Morgan fingerprint density at radius 2 is 2.35 bits per heavy atom. The van der Waals surface area contributed by atoms with Gasteiger partial charge < -0.3 is 24.6 Å². The van der Waals surface area contributed by atoms with Crippen LogP contribution in [0.25, 0.3) is 0 Å². The summed E-state index contributed by atoms with van der Waals surface area (Å²) in [5.74, 6) is -1.11. The molecule has 1 atom stereocenters. The highest BCUT2D eigenvalue weighted by atomic mass is 16.8. The highest BCUT2D eigenvalue weighted by Gasteiger charge is 2.41. The minimum Gasteiger partial charge on any atom is -0.569 e. The van der Waals surface area contributed by atoms with Gasteiger partial charge in [0.2, 0.25) is 5.28 Å². The maximum absolute atomic E-state index is 11.2. The van der Waals surface area contributed by atoms with Gasteiger partial charge in [0.1, 0.15) is 0 Å². The number of aliphatic carboxylic acids is 1. The molecule has 0 aromatic carbocycles. The van der Waals surface area contributed by atoms with Gasteiger partial charge in [-0.05, 0) is 0 Å². The van der Waals surface area contributed by atoms with Gasteiger partial charge in [0.05, 0.1) is 18.6 Å². The molecule has 17 heavy (non-hydrogen) atoms. The van der Waals surface area contributed by atoms with Gasteiger partial charge in [0.15, 0.2) is 6.04 Å². The van der Waals surface area contributed by atoms with Gasteiger partial charge in [-0.15, -0.1) is 5.01 Å². The lowest BCUT2D eigenvalue weighted by atomic mass is 10.1. The second-order valence-electron chi connectivity index (χ2n) is 2.99. The average molecular weight is 249 g/mol. The summed E-state index contributed by atoms with van der Waals surface area (Å²) in [4.78, 5) is 25.4. The van der Waals surface area contributed by atoms with E-state index < -0.39 is 25.0 Å². The van der Waals surface area contributed by atoms with Gasteiger partial charge >= 0.3 is 12.1 Å². The number of carbonyl (C=O) groups is 2. The van der Waals surface area contributed by atoms with Crippen LogP contribution in [-0.4, -0.2) is 53.7 Å². The van der Waals surface area contributed by atoms with E-state index in [9.17, 15) is 14.8 Å². The van der Waals surface area contributed by atoms with Gasteiger partial charge in [0, 0.05) is 6.42 Å². The van der Waals surface area contributed by atoms with Crippen LogP contribution in [0.15, 0.2) is 5.28 Å². The third-order valence-electron chi connectivity index (χ3n) is 2.02. The quantitative estimate of drug-likeness (QED) is 0.176. The van der Waals surface area contributed by atoms with Crippen LogP contribution in [-0.2, 0) is 19.1 Å². The number of nitrogens with zero attached hydrogens (tertiary/aromatic N) is 3. The molecule has 96 valence electrons. The zero-order valence-electron chi connectivity index (χ0n) is 8.94. The van der Waals surface area contributed by atoms with Crippen molar-refractivity contribution in [3.05, 3.63) is 5.21 Å². The molecule has 1 unspecified atom stereocenters. The molecule has 10 heteroatoms. The van der Waals surface area contributed by atoms with Crippen LogP contribution in [0.5, 0.6) is 0 Å². The number of carbonyl (C=O) groups excluding carboxylic acids is 1. The Labute approximate surface area is 95.5 Å². The van der Waals surface area contributed by atoms with Crippen molar-refractivity contribution in [3.63, 3.8) is 0 Å². The van der Waals surface area contributed by atoms with E-state index in [1.165, 1.54) is 0 Å². The first-order valence-corrected chi connectivity index (χ1v) is 4.56. The summed E-state index contributed by atoms with van der Waals surface area (Å²) in [5.41, 5.74) is 0. The molecule has 0 saturated carbocycles. The maximum atomic E-state index is 11.2. The van der Waals surface area contributed by atoms with E-state index in [0.29, 0.717) is 6.42 Å². The van der Waals surface area contributed by atoms with E-state index in [1.54, 1.807) is 0 Å². The van der Waals surface area contributed by atoms with Crippen LogP contribution in [0.4, 0.5) is 4.79 Å². The maximum Gasteiger partial charge on any atom is 0.510 e. The lowest BCUT2D eigenvalue weighted by molar-refractivity contribution is -0.729. The standard InChI is InChI=1S/C7H11N3O7/c1-15-7(13)16-4-17-8-10(14)9-3-2-5(9)6(11)12/h5H,2-4H2,1H3,(H,11,12). The van der Waals surface area contributed by atoms with Crippen LogP contribution in [0, 0.1) is 5.21 Å². The van der Waals surface area contributed by atoms with E-state index in [2.05, 4.69) is 19.6 Å². The topological polar surface area (TPSA) is 124 Å². The molecule has 1 rings (SSSR count). The van der Waals surface area contributed by atoms with Crippen molar-refractivity contribution in [2.75, 3.05) is 20.4 Å². The van der Waals surface area contributed by atoms with E-state index in [1.807, 2.05) is 0 Å². The fourth-order valence-electron chi connectivity index (χ4n) is 1.08. The number of hydrogen-bond donors (Lipinski definition) is 1. The Bertz CT molecular complexity index is 331. The number of hydrazine groups is 1. The van der Waals surface area contributed by atoms with E-state index in [-0.39, 0.29) is 11.5 Å².